The van der Waals surface area contributed by atoms with Crippen molar-refractivity contribution in [2.45, 2.75) is 6.92 Å². The average Bonchev–Trinajstić information content (AvgIpc) is 3.27. The van der Waals surface area contributed by atoms with Crippen LogP contribution >= 0.6 is 22.7 Å². The van der Waals surface area contributed by atoms with Crippen molar-refractivity contribution in [3.8, 4) is 26.8 Å². The number of nitrogens with zero attached hydrogens (tertiary/aromatic N) is 1. The van der Waals surface area contributed by atoms with Crippen LogP contribution in [0.1, 0.15) is 5.56 Å². The molecule has 0 radical (unpaired) electrons. The van der Waals surface area contributed by atoms with Gasteiger partial charge in [-0.3, -0.25) is 0 Å². The second-order valence-corrected chi connectivity index (χ2v) is 7.12. The molecule has 22 heavy (non-hydrogen) atoms. The van der Waals surface area contributed by atoms with Gasteiger partial charge in [0.15, 0.2) is 0 Å². The van der Waals surface area contributed by atoms with Gasteiger partial charge < -0.3 is 4.57 Å². The molecule has 0 N–H and O–H groups in total. The summed E-state index contributed by atoms with van der Waals surface area (Å²) in [6.45, 7) is 2.12. The van der Waals surface area contributed by atoms with Gasteiger partial charge in [0.1, 0.15) is 0 Å². The number of aryl methyl sites for hydroxylation is 1. The molecule has 4 rings (SSSR count). The molecule has 0 aliphatic heterocycles. The fraction of sp³-hybridized carbons (Fsp3) is 0.0526. The Kier molecular flexibility index (Phi) is 3.45. The third-order valence-corrected chi connectivity index (χ3v) is 5.51. The molecule has 0 spiro atoms. The number of hydrogen-bond donors (Lipinski definition) is 0. The first-order valence-electron chi connectivity index (χ1n) is 7.19. The molecule has 0 fully saturated rings. The number of aromatic nitrogens is 1. The maximum Gasteiger partial charge on any atom is 0.0635 e. The van der Waals surface area contributed by atoms with E-state index in [1.165, 1.54) is 32.4 Å². The predicted molar refractivity (Wildman–Crippen MR) is 97.1 cm³/mol. The Morgan fingerprint density at radius 1 is 0.682 bits per heavy atom. The minimum atomic E-state index is 1.21. The van der Waals surface area contributed by atoms with E-state index in [0.717, 1.165) is 0 Å². The molecule has 1 aromatic carbocycles. The number of benzene rings is 1. The lowest BCUT2D eigenvalue weighted by Crippen LogP contribution is -1.97. The maximum atomic E-state index is 2.36. The molecule has 4 aromatic rings. The third-order valence-electron chi connectivity index (χ3n) is 3.72. The summed E-state index contributed by atoms with van der Waals surface area (Å²) in [4.78, 5) is 2.59. The van der Waals surface area contributed by atoms with Crippen LogP contribution in [-0.2, 0) is 0 Å². The van der Waals surface area contributed by atoms with Crippen LogP contribution in [0.2, 0.25) is 0 Å². The molecule has 0 aliphatic carbocycles. The Morgan fingerprint density at radius 2 is 1.23 bits per heavy atom. The zero-order valence-electron chi connectivity index (χ0n) is 12.2. The summed E-state index contributed by atoms with van der Waals surface area (Å²) in [5.74, 6) is 0. The van der Waals surface area contributed by atoms with Crippen LogP contribution < -0.4 is 0 Å². The van der Waals surface area contributed by atoms with Crippen molar-refractivity contribution in [3.05, 3.63) is 77.0 Å². The van der Waals surface area contributed by atoms with Crippen molar-refractivity contribution in [2.75, 3.05) is 0 Å². The van der Waals surface area contributed by atoms with Gasteiger partial charge in [0.25, 0.3) is 0 Å². The Balaban J connectivity index is 1.96. The van der Waals surface area contributed by atoms with Crippen molar-refractivity contribution < 1.29 is 0 Å². The summed E-state index contributed by atoms with van der Waals surface area (Å²) in [6, 6.07) is 21.8. The second kappa shape index (κ2) is 5.59. The van der Waals surface area contributed by atoms with E-state index < -0.39 is 0 Å². The SMILES string of the molecule is Cc1ccc(-n2c(-c3cccs3)ccc2-c2cccs2)cc1. The standard InChI is InChI=1S/C19H15NS2/c1-14-6-8-15(9-7-14)20-16(18-4-2-12-21-18)10-11-17(20)19-5-3-13-22-19/h2-13H,1H3. The minimum absolute atomic E-state index is 1.21. The van der Waals surface area contributed by atoms with E-state index in [0.29, 0.717) is 0 Å². The lowest BCUT2D eigenvalue weighted by molar-refractivity contribution is 1.10. The van der Waals surface area contributed by atoms with Gasteiger partial charge in [0.05, 0.1) is 21.1 Å². The van der Waals surface area contributed by atoms with Crippen LogP contribution in [-0.4, -0.2) is 4.57 Å². The van der Waals surface area contributed by atoms with E-state index in [4.69, 9.17) is 0 Å². The minimum Gasteiger partial charge on any atom is -0.308 e. The molecule has 0 unspecified atom stereocenters. The highest BCUT2D eigenvalue weighted by atomic mass is 32.1. The fourth-order valence-corrected chi connectivity index (χ4v) is 4.12. The van der Waals surface area contributed by atoms with Crippen LogP contribution in [0.3, 0.4) is 0 Å². The molecule has 108 valence electrons. The van der Waals surface area contributed by atoms with E-state index in [9.17, 15) is 0 Å². The summed E-state index contributed by atoms with van der Waals surface area (Å²) in [7, 11) is 0. The van der Waals surface area contributed by atoms with E-state index in [1.54, 1.807) is 22.7 Å². The van der Waals surface area contributed by atoms with E-state index >= 15 is 0 Å². The zero-order chi connectivity index (χ0) is 14.9. The second-order valence-electron chi connectivity index (χ2n) is 5.23. The molecule has 3 aromatic heterocycles. The van der Waals surface area contributed by atoms with Gasteiger partial charge in [0.2, 0.25) is 0 Å². The third kappa shape index (κ3) is 2.32. The lowest BCUT2D eigenvalue weighted by Gasteiger charge is -2.12. The highest BCUT2D eigenvalue weighted by Crippen LogP contribution is 2.35. The average molecular weight is 321 g/mol. The highest BCUT2D eigenvalue weighted by Gasteiger charge is 2.14. The fourth-order valence-electron chi connectivity index (χ4n) is 2.64. The summed E-state index contributed by atoms with van der Waals surface area (Å²) in [6.07, 6.45) is 0. The van der Waals surface area contributed by atoms with E-state index in [2.05, 4.69) is 82.9 Å². The molecule has 3 heterocycles. The van der Waals surface area contributed by atoms with Gasteiger partial charge in [-0.25, -0.2) is 0 Å². The molecule has 0 amide bonds. The van der Waals surface area contributed by atoms with E-state index in [1.807, 2.05) is 0 Å². The van der Waals surface area contributed by atoms with Crippen LogP contribution in [0.15, 0.2) is 71.4 Å². The van der Waals surface area contributed by atoms with Crippen LogP contribution in [0, 0.1) is 6.92 Å². The largest absolute Gasteiger partial charge is 0.308 e. The molecule has 0 aliphatic rings. The molecular formula is C19H15NS2. The molecule has 0 saturated carbocycles. The molecular weight excluding hydrogens is 306 g/mol. The lowest BCUT2D eigenvalue weighted by atomic mass is 10.2. The number of hydrogen-bond acceptors (Lipinski definition) is 2. The summed E-state index contributed by atoms with van der Waals surface area (Å²) < 4.78 is 2.36. The maximum absolute atomic E-state index is 2.36. The van der Waals surface area contributed by atoms with Crippen molar-refractivity contribution >= 4 is 22.7 Å². The smallest absolute Gasteiger partial charge is 0.0635 e. The monoisotopic (exact) mass is 321 g/mol. The first-order valence-corrected chi connectivity index (χ1v) is 8.95. The van der Waals surface area contributed by atoms with Gasteiger partial charge in [-0.2, -0.15) is 0 Å². The predicted octanol–water partition coefficient (Wildman–Crippen LogP) is 6.24. The zero-order valence-corrected chi connectivity index (χ0v) is 13.8. The topological polar surface area (TPSA) is 4.93 Å². The molecule has 0 saturated heterocycles. The quantitative estimate of drug-likeness (QED) is 0.421. The Bertz CT molecular complexity index is 815. The number of rotatable bonds is 3. The van der Waals surface area contributed by atoms with Gasteiger partial charge >= 0.3 is 0 Å². The summed E-state index contributed by atoms with van der Waals surface area (Å²) >= 11 is 3.56. The van der Waals surface area contributed by atoms with Gasteiger partial charge in [-0.15, -0.1) is 22.7 Å². The van der Waals surface area contributed by atoms with Crippen molar-refractivity contribution in [1.82, 2.24) is 4.57 Å². The van der Waals surface area contributed by atoms with Crippen LogP contribution in [0.25, 0.3) is 26.8 Å². The number of thiophene rings is 2. The normalized spacial score (nSPS) is 11.0. The molecule has 0 bridgehead atoms. The molecule has 3 heteroatoms. The first kappa shape index (κ1) is 13.6. The Morgan fingerprint density at radius 3 is 1.68 bits per heavy atom. The Labute approximate surface area is 138 Å². The van der Waals surface area contributed by atoms with Gasteiger partial charge in [0, 0.05) is 5.69 Å². The highest BCUT2D eigenvalue weighted by molar-refractivity contribution is 7.14. The molecule has 0 atom stereocenters. The Hall–Kier alpha value is -2.10. The molecule has 1 nitrogen and oxygen atoms in total. The van der Waals surface area contributed by atoms with Crippen molar-refractivity contribution in [1.29, 1.82) is 0 Å². The first-order chi connectivity index (χ1) is 10.8. The van der Waals surface area contributed by atoms with E-state index in [-0.39, 0.29) is 0 Å². The van der Waals surface area contributed by atoms with Crippen LogP contribution in [0.4, 0.5) is 0 Å². The van der Waals surface area contributed by atoms with Crippen molar-refractivity contribution in [2.24, 2.45) is 0 Å². The summed E-state index contributed by atoms with van der Waals surface area (Å²) in [5, 5.41) is 4.26. The van der Waals surface area contributed by atoms with Crippen LogP contribution in [0.5, 0.6) is 0 Å². The summed E-state index contributed by atoms with van der Waals surface area (Å²) in [5.41, 5.74) is 5.00. The van der Waals surface area contributed by atoms with Crippen molar-refractivity contribution in [3.63, 3.8) is 0 Å². The van der Waals surface area contributed by atoms with Gasteiger partial charge in [-0.1, -0.05) is 29.8 Å². The van der Waals surface area contributed by atoms with Gasteiger partial charge in [-0.05, 0) is 54.1 Å².